The molecule has 0 radical (unpaired) electrons. The molecule has 18 heavy (non-hydrogen) atoms. The number of unbranched alkanes of at least 4 members (excludes halogenated alkanes) is 3. The maximum Gasteiger partial charge on any atom is 0.330 e. The van der Waals surface area contributed by atoms with E-state index in [2.05, 4.69) is 0 Å². The van der Waals surface area contributed by atoms with Crippen LogP contribution in [0, 0.1) is 0 Å². The first-order valence-electron chi connectivity index (χ1n) is 6.43. The third-order valence-corrected chi connectivity index (χ3v) is 2.55. The van der Waals surface area contributed by atoms with Gasteiger partial charge in [0.15, 0.2) is 0 Å². The summed E-state index contributed by atoms with van der Waals surface area (Å²) in [7, 11) is 0. The molecule has 3 heteroatoms. The van der Waals surface area contributed by atoms with E-state index in [0.29, 0.717) is 6.61 Å². The lowest BCUT2D eigenvalue weighted by Crippen LogP contribution is -2.03. The quantitative estimate of drug-likeness (QED) is 0.436. The van der Waals surface area contributed by atoms with Crippen LogP contribution in [0.4, 0.5) is 0 Å². The summed E-state index contributed by atoms with van der Waals surface area (Å²) in [5.41, 5.74) is 6.39. The SMILES string of the molecule is NCCCCCCOC(=O)C=Cc1ccccc1. The Morgan fingerprint density at radius 2 is 1.83 bits per heavy atom. The van der Waals surface area contributed by atoms with E-state index < -0.39 is 0 Å². The Morgan fingerprint density at radius 1 is 1.11 bits per heavy atom. The Hall–Kier alpha value is -1.61. The average molecular weight is 247 g/mol. The molecule has 0 heterocycles. The summed E-state index contributed by atoms with van der Waals surface area (Å²) in [6, 6.07) is 9.69. The molecule has 1 rings (SSSR count). The summed E-state index contributed by atoms with van der Waals surface area (Å²) >= 11 is 0. The molecular weight excluding hydrogens is 226 g/mol. The van der Waals surface area contributed by atoms with Crippen molar-refractivity contribution in [2.75, 3.05) is 13.2 Å². The molecule has 2 N–H and O–H groups in total. The fourth-order valence-corrected chi connectivity index (χ4v) is 1.55. The van der Waals surface area contributed by atoms with Crippen LogP contribution >= 0.6 is 0 Å². The molecule has 0 saturated heterocycles. The minimum Gasteiger partial charge on any atom is -0.463 e. The second kappa shape index (κ2) is 9.42. The maximum atomic E-state index is 11.4. The number of hydrogen-bond donors (Lipinski definition) is 1. The van der Waals surface area contributed by atoms with E-state index in [-0.39, 0.29) is 5.97 Å². The first-order chi connectivity index (χ1) is 8.83. The first kappa shape index (κ1) is 14.5. The van der Waals surface area contributed by atoms with Gasteiger partial charge in [-0.05, 0) is 31.0 Å². The molecule has 0 saturated carbocycles. The molecule has 0 amide bonds. The summed E-state index contributed by atoms with van der Waals surface area (Å²) in [6.45, 7) is 1.22. The van der Waals surface area contributed by atoms with Gasteiger partial charge >= 0.3 is 5.97 Å². The number of benzene rings is 1. The van der Waals surface area contributed by atoms with Crippen molar-refractivity contribution in [3.63, 3.8) is 0 Å². The van der Waals surface area contributed by atoms with Crippen molar-refractivity contribution in [1.82, 2.24) is 0 Å². The predicted octanol–water partition coefficient (Wildman–Crippen LogP) is 2.76. The zero-order chi connectivity index (χ0) is 13.1. The van der Waals surface area contributed by atoms with Gasteiger partial charge in [0.2, 0.25) is 0 Å². The number of carbonyl (C=O) groups excluding carboxylic acids is 1. The van der Waals surface area contributed by atoms with E-state index >= 15 is 0 Å². The number of carbonyl (C=O) groups is 1. The molecule has 0 fully saturated rings. The monoisotopic (exact) mass is 247 g/mol. The van der Waals surface area contributed by atoms with Crippen LogP contribution in [0.25, 0.3) is 6.08 Å². The normalized spacial score (nSPS) is 10.7. The molecule has 0 aliphatic rings. The van der Waals surface area contributed by atoms with Gasteiger partial charge in [-0.3, -0.25) is 0 Å². The molecule has 0 aliphatic heterocycles. The van der Waals surface area contributed by atoms with Crippen molar-refractivity contribution >= 4 is 12.0 Å². The lowest BCUT2D eigenvalue weighted by Gasteiger charge is -2.01. The molecule has 3 nitrogen and oxygen atoms in total. The van der Waals surface area contributed by atoms with E-state index in [4.69, 9.17) is 10.5 Å². The van der Waals surface area contributed by atoms with Crippen LogP contribution < -0.4 is 5.73 Å². The lowest BCUT2D eigenvalue weighted by atomic mass is 10.2. The third kappa shape index (κ3) is 6.86. The predicted molar refractivity (Wildman–Crippen MR) is 74.0 cm³/mol. The van der Waals surface area contributed by atoms with Gasteiger partial charge in [-0.25, -0.2) is 4.79 Å². The van der Waals surface area contributed by atoms with Gasteiger partial charge in [-0.15, -0.1) is 0 Å². The van der Waals surface area contributed by atoms with Crippen molar-refractivity contribution in [2.24, 2.45) is 5.73 Å². The maximum absolute atomic E-state index is 11.4. The Balaban J connectivity index is 2.12. The highest BCUT2D eigenvalue weighted by Crippen LogP contribution is 2.02. The Labute approximate surface area is 109 Å². The molecule has 0 bridgehead atoms. The molecule has 98 valence electrons. The summed E-state index contributed by atoms with van der Waals surface area (Å²) in [5.74, 6) is -0.280. The fraction of sp³-hybridized carbons (Fsp3) is 0.400. The Kier molecular flexibility index (Phi) is 7.57. The van der Waals surface area contributed by atoms with Crippen molar-refractivity contribution in [1.29, 1.82) is 0 Å². The number of rotatable bonds is 8. The van der Waals surface area contributed by atoms with E-state index in [0.717, 1.165) is 37.8 Å². The Morgan fingerprint density at radius 3 is 2.56 bits per heavy atom. The van der Waals surface area contributed by atoms with Gasteiger partial charge in [0.05, 0.1) is 6.61 Å². The van der Waals surface area contributed by atoms with E-state index in [1.807, 2.05) is 30.3 Å². The molecule has 0 aromatic heterocycles. The molecule has 0 aliphatic carbocycles. The van der Waals surface area contributed by atoms with Gasteiger partial charge in [0.25, 0.3) is 0 Å². The second-order valence-electron chi connectivity index (χ2n) is 4.11. The number of hydrogen-bond acceptors (Lipinski definition) is 3. The zero-order valence-corrected chi connectivity index (χ0v) is 10.7. The van der Waals surface area contributed by atoms with Gasteiger partial charge in [0.1, 0.15) is 0 Å². The Bertz CT molecular complexity index is 360. The highest BCUT2D eigenvalue weighted by atomic mass is 16.5. The summed E-state index contributed by atoms with van der Waals surface area (Å²) < 4.78 is 5.09. The topological polar surface area (TPSA) is 52.3 Å². The minimum absolute atomic E-state index is 0.280. The fourth-order valence-electron chi connectivity index (χ4n) is 1.55. The first-order valence-corrected chi connectivity index (χ1v) is 6.43. The largest absolute Gasteiger partial charge is 0.463 e. The van der Waals surface area contributed by atoms with Gasteiger partial charge in [-0.1, -0.05) is 43.2 Å². The summed E-state index contributed by atoms with van der Waals surface area (Å²) in [6.07, 6.45) is 7.35. The molecule has 0 spiro atoms. The number of esters is 1. The second-order valence-corrected chi connectivity index (χ2v) is 4.11. The van der Waals surface area contributed by atoms with Crippen LogP contribution in [0.1, 0.15) is 31.2 Å². The highest BCUT2D eigenvalue weighted by Gasteiger charge is 1.96. The average Bonchev–Trinajstić information content (AvgIpc) is 2.41. The molecule has 1 aromatic rings. The van der Waals surface area contributed by atoms with Crippen LogP contribution in [0.2, 0.25) is 0 Å². The van der Waals surface area contributed by atoms with E-state index in [9.17, 15) is 4.79 Å². The lowest BCUT2D eigenvalue weighted by molar-refractivity contribution is -0.137. The van der Waals surface area contributed by atoms with Gasteiger partial charge in [-0.2, -0.15) is 0 Å². The summed E-state index contributed by atoms with van der Waals surface area (Å²) in [5, 5.41) is 0. The zero-order valence-electron chi connectivity index (χ0n) is 10.7. The van der Waals surface area contributed by atoms with Crippen LogP contribution in [0.15, 0.2) is 36.4 Å². The van der Waals surface area contributed by atoms with E-state index in [1.165, 1.54) is 6.08 Å². The molecule has 0 unspecified atom stereocenters. The van der Waals surface area contributed by atoms with E-state index in [1.54, 1.807) is 6.08 Å². The van der Waals surface area contributed by atoms with Crippen LogP contribution in [-0.2, 0) is 9.53 Å². The highest BCUT2D eigenvalue weighted by molar-refractivity contribution is 5.86. The van der Waals surface area contributed by atoms with Crippen molar-refractivity contribution in [3.05, 3.63) is 42.0 Å². The number of nitrogens with two attached hydrogens (primary N) is 1. The van der Waals surface area contributed by atoms with Crippen LogP contribution in [0.5, 0.6) is 0 Å². The third-order valence-electron chi connectivity index (χ3n) is 2.55. The molecular formula is C15H21NO2. The minimum atomic E-state index is -0.280. The molecule has 1 aromatic carbocycles. The van der Waals surface area contributed by atoms with Crippen molar-refractivity contribution in [2.45, 2.75) is 25.7 Å². The number of ether oxygens (including phenoxy) is 1. The standard InChI is InChI=1S/C15H21NO2/c16-12-6-1-2-7-13-18-15(17)11-10-14-8-4-3-5-9-14/h3-5,8-11H,1-2,6-7,12-13,16H2. The smallest absolute Gasteiger partial charge is 0.330 e. The van der Waals surface area contributed by atoms with Crippen molar-refractivity contribution < 1.29 is 9.53 Å². The van der Waals surface area contributed by atoms with Crippen molar-refractivity contribution in [3.8, 4) is 0 Å². The van der Waals surface area contributed by atoms with Gasteiger partial charge < -0.3 is 10.5 Å². The van der Waals surface area contributed by atoms with Gasteiger partial charge in [0, 0.05) is 6.08 Å². The van der Waals surface area contributed by atoms with Crippen LogP contribution in [0.3, 0.4) is 0 Å². The summed E-state index contributed by atoms with van der Waals surface area (Å²) in [4.78, 5) is 11.4. The van der Waals surface area contributed by atoms with Crippen LogP contribution in [-0.4, -0.2) is 19.1 Å². The molecule has 0 atom stereocenters.